The van der Waals surface area contributed by atoms with Gasteiger partial charge < -0.3 is 15.1 Å². The maximum atomic E-state index is 9.46. The number of fused-ring (bicyclic) bond motifs is 1. The number of anilines is 1. The van der Waals surface area contributed by atoms with E-state index in [0.29, 0.717) is 23.7 Å². The van der Waals surface area contributed by atoms with Crippen LogP contribution in [0.15, 0.2) is 18.6 Å². The second kappa shape index (κ2) is 4.82. The van der Waals surface area contributed by atoms with E-state index in [0.717, 1.165) is 25.3 Å². The topological polar surface area (TPSA) is 69.5 Å². The molecule has 2 N–H and O–H groups in total. The minimum atomic E-state index is 0.228. The smallest absolute Gasteiger partial charge is 0.147 e. The number of hydrogen-bond donors (Lipinski definition) is 2. The van der Waals surface area contributed by atoms with Crippen LogP contribution in [0, 0.1) is 23.7 Å². The third-order valence-electron chi connectivity index (χ3n) is 4.57. The van der Waals surface area contributed by atoms with Gasteiger partial charge in [0.1, 0.15) is 5.82 Å². The van der Waals surface area contributed by atoms with Gasteiger partial charge in [0.2, 0.25) is 0 Å². The second-order valence-electron chi connectivity index (χ2n) is 5.42. The van der Waals surface area contributed by atoms with Crippen molar-refractivity contribution in [2.24, 2.45) is 23.7 Å². The fraction of sp³-hybridized carbons (Fsp3) is 0.692. The van der Waals surface area contributed by atoms with Crippen molar-refractivity contribution in [2.45, 2.75) is 6.42 Å². The van der Waals surface area contributed by atoms with Gasteiger partial charge in [-0.2, -0.15) is 0 Å². The van der Waals surface area contributed by atoms with Crippen LogP contribution in [0.1, 0.15) is 6.42 Å². The standard InChI is InChI=1S/C13H19N3O2/c17-7-9-3-10(8-18)12-6-16(5-11(9)12)13-4-14-1-2-15-13/h1-2,4,9-12,17-18H,3,5-8H2/t9-,10+,11+,12-. The van der Waals surface area contributed by atoms with Crippen molar-refractivity contribution in [1.82, 2.24) is 9.97 Å². The summed E-state index contributed by atoms with van der Waals surface area (Å²) in [6.07, 6.45) is 6.11. The maximum Gasteiger partial charge on any atom is 0.147 e. The Morgan fingerprint density at radius 1 is 1.11 bits per heavy atom. The number of rotatable bonds is 3. The van der Waals surface area contributed by atoms with Gasteiger partial charge in [-0.25, -0.2) is 4.98 Å². The fourth-order valence-electron chi connectivity index (χ4n) is 3.65. The summed E-state index contributed by atoms with van der Waals surface area (Å²) in [5.41, 5.74) is 0. The molecule has 4 atom stereocenters. The Hall–Kier alpha value is -1.20. The predicted molar refractivity (Wildman–Crippen MR) is 67.0 cm³/mol. The van der Waals surface area contributed by atoms with Crippen molar-refractivity contribution in [3.8, 4) is 0 Å². The van der Waals surface area contributed by atoms with Crippen LogP contribution < -0.4 is 4.90 Å². The van der Waals surface area contributed by atoms with E-state index in [1.165, 1.54) is 0 Å². The molecule has 3 rings (SSSR count). The molecule has 0 spiro atoms. The van der Waals surface area contributed by atoms with Gasteiger partial charge in [-0.15, -0.1) is 0 Å². The molecule has 2 fully saturated rings. The molecule has 0 bridgehead atoms. The number of nitrogens with zero attached hydrogens (tertiary/aromatic N) is 3. The molecule has 1 aromatic heterocycles. The van der Waals surface area contributed by atoms with Crippen LogP contribution in [0.2, 0.25) is 0 Å². The highest BCUT2D eigenvalue weighted by Crippen LogP contribution is 2.46. The van der Waals surface area contributed by atoms with E-state index in [2.05, 4.69) is 14.9 Å². The third kappa shape index (κ3) is 1.87. The molecule has 0 unspecified atom stereocenters. The zero-order valence-electron chi connectivity index (χ0n) is 10.3. The lowest BCUT2D eigenvalue weighted by Crippen LogP contribution is -2.25. The molecule has 1 saturated heterocycles. The number of aromatic nitrogens is 2. The van der Waals surface area contributed by atoms with Crippen LogP contribution in [0.25, 0.3) is 0 Å². The minimum Gasteiger partial charge on any atom is -0.396 e. The van der Waals surface area contributed by atoms with Gasteiger partial charge in [0.25, 0.3) is 0 Å². The number of aliphatic hydroxyl groups is 2. The summed E-state index contributed by atoms with van der Waals surface area (Å²) in [5, 5.41) is 18.9. The van der Waals surface area contributed by atoms with Crippen molar-refractivity contribution in [1.29, 1.82) is 0 Å². The Labute approximate surface area is 106 Å². The summed E-state index contributed by atoms with van der Waals surface area (Å²) in [7, 11) is 0. The molecule has 0 radical (unpaired) electrons. The molecule has 18 heavy (non-hydrogen) atoms. The SMILES string of the molecule is OC[C@@H]1C[C@H](CO)[C@@H]2CN(c3cnccn3)C[C@H]12. The van der Waals surface area contributed by atoms with Crippen LogP contribution in [-0.2, 0) is 0 Å². The normalized spacial score (nSPS) is 34.9. The molecular weight excluding hydrogens is 230 g/mol. The van der Waals surface area contributed by atoms with Crippen molar-refractivity contribution in [3.63, 3.8) is 0 Å². The summed E-state index contributed by atoms with van der Waals surface area (Å²) >= 11 is 0. The molecule has 0 amide bonds. The van der Waals surface area contributed by atoms with Crippen LogP contribution in [-0.4, -0.2) is 46.5 Å². The second-order valence-corrected chi connectivity index (χ2v) is 5.42. The lowest BCUT2D eigenvalue weighted by molar-refractivity contribution is 0.188. The first kappa shape index (κ1) is 11.9. The molecule has 5 nitrogen and oxygen atoms in total. The van der Waals surface area contributed by atoms with Gasteiger partial charge in [-0.1, -0.05) is 0 Å². The van der Waals surface area contributed by atoms with E-state index in [9.17, 15) is 10.2 Å². The van der Waals surface area contributed by atoms with E-state index in [1.54, 1.807) is 18.6 Å². The van der Waals surface area contributed by atoms with Crippen LogP contribution in [0.4, 0.5) is 5.82 Å². The van der Waals surface area contributed by atoms with Gasteiger partial charge in [0.15, 0.2) is 0 Å². The lowest BCUT2D eigenvalue weighted by Gasteiger charge is -2.21. The van der Waals surface area contributed by atoms with E-state index in [-0.39, 0.29) is 13.2 Å². The molecule has 0 aromatic carbocycles. The van der Waals surface area contributed by atoms with Crippen molar-refractivity contribution < 1.29 is 10.2 Å². The Morgan fingerprint density at radius 3 is 2.28 bits per heavy atom. The molecule has 1 aliphatic carbocycles. The summed E-state index contributed by atoms with van der Waals surface area (Å²) in [5.74, 6) is 2.52. The summed E-state index contributed by atoms with van der Waals surface area (Å²) in [6.45, 7) is 2.30. The minimum absolute atomic E-state index is 0.228. The fourth-order valence-corrected chi connectivity index (χ4v) is 3.65. The van der Waals surface area contributed by atoms with Gasteiger partial charge in [0.05, 0.1) is 6.20 Å². The third-order valence-corrected chi connectivity index (χ3v) is 4.57. The molecule has 5 heteroatoms. The summed E-state index contributed by atoms with van der Waals surface area (Å²) in [4.78, 5) is 10.7. The lowest BCUT2D eigenvalue weighted by atomic mass is 9.91. The first-order valence-corrected chi connectivity index (χ1v) is 6.56. The molecule has 2 heterocycles. The largest absolute Gasteiger partial charge is 0.396 e. The van der Waals surface area contributed by atoms with Crippen molar-refractivity contribution in [2.75, 3.05) is 31.2 Å². The van der Waals surface area contributed by atoms with Crippen LogP contribution in [0.5, 0.6) is 0 Å². The maximum absolute atomic E-state index is 9.46. The van der Waals surface area contributed by atoms with Gasteiger partial charge in [-0.3, -0.25) is 4.98 Å². The van der Waals surface area contributed by atoms with E-state index < -0.39 is 0 Å². The van der Waals surface area contributed by atoms with Gasteiger partial charge in [-0.05, 0) is 30.1 Å². The molecule has 1 saturated carbocycles. The van der Waals surface area contributed by atoms with Crippen LogP contribution in [0.3, 0.4) is 0 Å². The highest BCUT2D eigenvalue weighted by atomic mass is 16.3. The highest BCUT2D eigenvalue weighted by Gasteiger charge is 2.47. The Kier molecular flexibility index (Phi) is 3.18. The zero-order valence-corrected chi connectivity index (χ0v) is 10.3. The molecule has 1 aromatic rings. The summed E-state index contributed by atoms with van der Waals surface area (Å²) < 4.78 is 0. The van der Waals surface area contributed by atoms with Gasteiger partial charge >= 0.3 is 0 Å². The number of aliphatic hydroxyl groups excluding tert-OH is 2. The first-order valence-electron chi connectivity index (χ1n) is 6.56. The summed E-state index contributed by atoms with van der Waals surface area (Å²) in [6, 6.07) is 0. The molecular formula is C13H19N3O2. The monoisotopic (exact) mass is 249 g/mol. The predicted octanol–water partition coefficient (Wildman–Crippen LogP) is 0.150. The van der Waals surface area contributed by atoms with E-state index in [4.69, 9.17) is 0 Å². The zero-order chi connectivity index (χ0) is 12.5. The van der Waals surface area contributed by atoms with E-state index >= 15 is 0 Å². The van der Waals surface area contributed by atoms with Crippen LogP contribution >= 0.6 is 0 Å². The Bertz CT molecular complexity index is 382. The quantitative estimate of drug-likeness (QED) is 0.798. The number of hydrogen-bond acceptors (Lipinski definition) is 5. The Morgan fingerprint density at radius 2 is 1.78 bits per heavy atom. The molecule has 1 aliphatic heterocycles. The molecule has 2 aliphatic rings. The van der Waals surface area contributed by atoms with Crippen molar-refractivity contribution in [3.05, 3.63) is 18.6 Å². The van der Waals surface area contributed by atoms with Gasteiger partial charge in [0, 0.05) is 38.7 Å². The average molecular weight is 249 g/mol. The first-order chi connectivity index (χ1) is 8.83. The molecule has 98 valence electrons. The van der Waals surface area contributed by atoms with E-state index in [1.807, 2.05) is 0 Å². The Balaban J connectivity index is 1.78. The highest BCUT2D eigenvalue weighted by molar-refractivity contribution is 5.37. The average Bonchev–Trinajstić information content (AvgIpc) is 2.98. The van der Waals surface area contributed by atoms with Crippen molar-refractivity contribution >= 4 is 5.82 Å².